The molecule has 0 radical (unpaired) electrons. The molecule has 0 saturated carbocycles. The summed E-state index contributed by atoms with van der Waals surface area (Å²) in [7, 11) is 0. The second-order valence-corrected chi connectivity index (χ2v) is 4.10. The molecule has 0 saturated heterocycles. The first-order valence-corrected chi connectivity index (χ1v) is 5.01. The molecule has 0 amide bonds. The Hall–Kier alpha value is -0.960. The van der Waals surface area contributed by atoms with Crippen LogP contribution in [0.3, 0.4) is 0 Å². The molecular weight excluding hydrogens is 176 g/mol. The predicted molar refractivity (Wildman–Crippen MR) is 55.9 cm³/mol. The second kappa shape index (κ2) is 4.51. The summed E-state index contributed by atoms with van der Waals surface area (Å²) >= 11 is 0. The van der Waals surface area contributed by atoms with Gasteiger partial charge in [-0.3, -0.25) is 0 Å². The number of aryl methyl sites for hydroxylation is 1. The summed E-state index contributed by atoms with van der Waals surface area (Å²) in [5, 5.41) is 9.40. The van der Waals surface area contributed by atoms with Crippen molar-refractivity contribution < 1.29 is 5.11 Å². The van der Waals surface area contributed by atoms with Crippen LogP contribution in [0.25, 0.3) is 0 Å². The van der Waals surface area contributed by atoms with Crippen molar-refractivity contribution in [3.8, 4) is 0 Å². The summed E-state index contributed by atoms with van der Waals surface area (Å²) in [6.45, 7) is 7.92. The molecule has 1 aromatic heterocycles. The number of aliphatic hydroxyl groups excluding tert-OH is 1. The summed E-state index contributed by atoms with van der Waals surface area (Å²) in [4.78, 5) is 8.59. The highest BCUT2D eigenvalue weighted by molar-refractivity contribution is 5.18. The maximum Gasteiger partial charge on any atom is 0.128 e. The van der Waals surface area contributed by atoms with Crippen LogP contribution in [0.4, 0.5) is 0 Å². The van der Waals surface area contributed by atoms with E-state index >= 15 is 0 Å². The molecule has 0 bridgehead atoms. The van der Waals surface area contributed by atoms with Gasteiger partial charge in [0.25, 0.3) is 0 Å². The molecule has 1 N–H and O–H groups in total. The highest BCUT2D eigenvalue weighted by Gasteiger charge is 2.08. The third-order valence-corrected chi connectivity index (χ3v) is 2.11. The third-order valence-electron chi connectivity index (χ3n) is 2.11. The van der Waals surface area contributed by atoms with Crippen molar-refractivity contribution in [1.29, 1.82) is 0 Å². The molecule has 1 atom stereocenters. The Morgan fingerprint density at radius 1 is 1.36 bits per heavy atom. The second-order valence-electron chi connectivity index (χ2n) is 4.10. The molecule has 0 aromatic carbocycles. The van der Waals surface area contributed by atoms with E-state index in [1.807, 2.05) is 6.92 Å². The molecular formula is C11H18N2O. The summed E-state index contributed by atoms with van der Waals surface area (Å²) < 4.78 is 0. The van der Waals surface area contributed by atoms with Gasteiger partial charge in [-0.1, -0.05) is 13.8 Å². The van der Waals surface area contributed by atoms with Crippen molar-refractivity contribution in [1.82, 2.24) is 9.97 Å². The van der Waals surface area contributed by atoms with Gasteiger partial charge in [-0.2, -0.15) is 0 Å². The van der Waals surface area contributed by atoms with Crippen LogP contribution in [0.2, 0.25) is 0 Å². The maximum absolute atomic E-state index is 9.40. The van der Waals surface area contributed by atoms with Crippen LogP contribution in [0.15, 0.2) is 6.20 Å². The number of aromatic nitrogens is 2. The Kier molecular flexibility index (Phi) is 3.58. The minimum atomic E-state index is -0.483. The van der Waals surface area contributed by atoms with Gasteiger partial charge in [-0.25, -0.2) is 9.97 Å². The molecule has 0 spiro atoms. The van der Waals surface area contributed by atoms with Crippen molar-refractivity contribution in [2.45, 2.75) is 40.2 Å². The lowest BCUT2D eigenvalue weighted by molar-refractivity contribution is 0.197. The molecule has 0 fully saturated rings. The fourth-order valence-electron chi connectivity index (χ4n) is 1.40. The first-order chi connectivity index (χ1) is 6.50. The van der Waals surface area contributed by atoms with Crippen molar-refractivity contribution in [2.24, 2.45) is 5.92 Å². The van der Waals surface area contributed by atoms with E-state index in [-0.39, 0.29) is 0 Å². The number of rotatable bonds is 3. The van der Waals surface area contributed by atoms with Gasteiger partial charge in [0.1, 0.15) is 5.82 Å². The van der Waals surface area contributed by atoms with Gasteiger partial charge in [0.2, 0.25) is 0 Å². The smallest absolute Gasteiger partial charge is 0.128 e. The first-order valence-electron chi connectivity index (χ1n) is 5.01. The van der Waals surface area contributed by atoms with Crippen LogP contribution < -0.4 is 0 Å². The van der Waals surface area contributed by atoms with Gasteiger partial charge >= 0.3 is 0 Å². The number of hydrogen-bond donors (Lipinski definition) is 1. The van der Waals surface area contributed by atoms with Gasteiger partial charge < -0.3 is 5.11 Å². The molecule has 3 heteroatoms. The molecule has 0 aliphatic heterocycles. The number of aliphatic hydroxyl groups is 1. The lowest BCUT2D eigenvalue weighted by Crippen LogP contribution is -2.06. The normalized spacial score (nSPS) is 13.3. The molecule has 0 aliphatic carbocycles. The van der Waals surface area contributed by atoms with Crippen LogP contribution in [0.1, 0.15) is 44.0 Å². The average Bonchev–Trinajstić information content (AvgIpc) is 2.01. The Morgan fingerprint density at radius 2 is 2.00 bits per heavy atom. The zero-order chi connectivity index (χ0) is 10.7. The van der Waals surface area contributed by atoms with Crippen LogP contribution in [-0.2, 0) is 6.42 Å². The van der Waals surface area contributed by atoms with Crippen LogP contribution in [-0.4, -0.2) is 15.1 Å². The highest BCUT2D eigenvalue weighted by Crippen LogP contribution is 2.14. The van der Waals surface area contributed by atoms with Crippen molar-refractivity contribution >= 4 is 0 Å². The lowest BCUT2D eigenvalue weighted by Gasteiger charge is -2.09. The van der Waals surface area contributed by atoms with Gasteiger partial charge in [0, 0.05) is 23.9 Å². The summed E-state index contributed by atoms with van der Waals surface area (Å²) in [5.41, 5.74) is 1.70. The summed E-state index contributed by atoms with van der Waals surface area (Å²) in [6.07, 6.45) is 2.13. The molecule has 0 aliphatic rings. The minimum Gasteiger partial charge on any atom is -0.389 e. The molecule has 0 unspecified atom stereocenters. The molecule has 3 nitrogen and oxygen atoms in total. The van der Waals surface area contributed by atoms with Gasteiger partial charge in [0.05, 0.1) is 6.10 Å². The third kappa shape index (κ3) is 2.77. The molecule has 14 heavy (non-hydrogen) atoms. The van der Waals surface area contributed by atoms with Crippen molar-refractivity contribution in [2.75, 3.05) is 0 Å². The van der Waals surface area contributed by atoms with E-state index in [9.17, 15) is 5.11 Å². The van der Waals surface area contributed by atoms with Crippen LogP contribution in [0, 0.1) is 12.8 Å². The Morgan fingerprint density at radius 3 is 2.43 bits per heavy atom. The first kappa shape index (κ1) is 11.1. The summed E-state index contributed by atoms with van der Waals surface area (Å²) in [6, 6.07) is 0. The van der Waals surface area contributed by atoms with Gasteiger partial charge in [-0.15, -0.1) is 0 Å². The van der Waals surface area contributed by atoms with E-state index in [4.69, 9.17) is 0 Å². The Labute approximate surface area is 85.2 Å². The van der Waals surface area contributed by atoms with Gasteiger partial charge in [0.15, 0.2) is 0 Å². The van der Waals surface area contributed by atoms with E-state index in [0.29, 0.717) is 5.92 Å². The zero-order valence-corrected chi connectivity index (χ0v) is 9.28. The predicted octanol–water partition coefficient (Wildman–Crippen LogP) is 2.04. The number of hydrogen-bond acceptors (Lipinski definition) is 3. The number of nitrogens with zero attached hydrogens (tertiary/aromatic N) is 2. The SMILES string of the molecule is Cc1nc(CC(C)C)ncc1[C@H](C)O. The lowest BCUT2D eigenvalue weighted by atomic mass is 10.1. The largest absolute Gasteiger partial charge is 0.389 e. The minimum absolute atomic E-state index is 0.483. The monoisotopic (exact) mass is 194 g/mol. The highest BCUT2D eigenvalue weighted by atomic mass is 16.3. The summed E-state index contributed by atoms with van der Waals surface area (Å²) in [5.74, 6) is 1.42. The van der Waals surface area contributed by atoms with E-state index < -0.39 is 6.10 Å². The molecule has 1 heterocycles. The Balaban J connectivity index is 2.89. The Bertz CT molecular complexity index is 308. The van der Waals surface area contributed by atoms with Crippen LogP contribution >= 0.6 is 0 Å². The zero-order valence-electron chi connectivity index (χ0n) is 9.28. The quantitative estimate of drug-likeness (QED) is 0.801. The van der Waals surface area contributed by atoms with E-state index in [1.165, 1.54) is 0 Å². The van der Waals surface area contributed by atoms with Crippen LogP contribution in [0.5, 0.6) is 0 Å². The molecule has 78 valence electrons. The standard InChI is InChI=1S/C11H18N2O/c1-7(2)5-11-12-6-10(9(4)14)8(3)13-11/h6-7,9,14H,5H2,1-4H3/t9-/m0/s1. The topological polar surface area (TPSA) is 46.0 Å². The van der Waals surface area contributed by atoms with Crippen molar-refractivity contribution in [3.05, 3.63) is 23.3 Å². The fourth-order valence-corrected chi connectivity index (χ4v) is 1.40. The van der Waals surface area contributed by atoms with E-state index in [2.05, 4.69) is 23.8 Å². The average molecular weight is 194 g/mol. The maximum atomic E-state index is 9.40. The van der Waals surface area contributed by atoms with E-state index in [1.54, 1.807) is 13.1 Å². The van der Waals surface area contributed by atoms with Crippen molar-refractivity contribution in [3.63, 3.8) is 0 Å². The molecule has 1 rings (SSSR count). The fraction of sp³-hybridized carbons (Fsp3) is 0.636. The molecule has 1 aromatic rings. The van der Waals surface area contributed by atoms with Gasteiger partial charge in [-0.05, 0) is 19.8 Å². The van der Waals surface area contributed by atoms with E-state index in [0.717, 1.165) is 23.5 Å².